The van der Waals surface area contributed by atoms with Crippen LogP contribution < -0.4 is 0 Å². The van der Waals surface area contributed by atoms with Crippen LogP contribution >= 0.6 is 0 Å². The highest BCUT2D eigenvalue weighted by atomic mass is 16.2. The number of likely N-dealkylation sites (tertiary alicyclic amines) is 1. The Balaban J connectivity index is 2.12. The van der Waals surface area contributed by atoms with Gasteiger partial charge in [-0.2, -0.15) is 0 Å². The van der Waals surface area contributed by atoms with Crippen LogP contribution in [0.4, 0.5) is 0 Å². The minimum absolute atomic E-state index is 0.000689. The predicted octanol–water partition coefficient (Wildman–Crippen LogP) is 2.54. The lowest BCUT2D eigenvalue weighted by molar-refractivity contribution is -0.139. The van der Waals surface area contributed by atoms with Crippen LogP contribution in [0.15, 0.2) is 24.3 Å². The Hall–Kier alpha value is -1.38. The van der Waals surface area contributed by atoms with E-state index in [4.69, 9.17) is 0 Å². The van der Waals surface area contributed by atoms with Crippen LogP contribution in [0.3, 0.4) is 0 Å². The van der Waals surface area contributed by atoms with Crippen molar-refractivity contribution in [3.63, 3.8) is 0 Å². The third-order valence-electron chi connectivity index (χ3n) is 3.78. The van der Waals surface area contributed by atoms with E-state index in [2.05, 4.69) is 26.5 Å². The minimum atomic E-state index is -0.117. The first kappa shape index (κ1) is 13.1. The number of amides is 2. The second-order valence-electron chi connectivity index (χ2n) is 5.69. The van der Waals surface area contributed by atoms with Crippen molar-refractivity contribution in [3.8, 4) is 0 Å². The summed E-state index contributed by atoms with van der Waals surface area (Å²) in [5.74, 6) is 0.359. The number of carbonyl (C=O) groups is 2. The summed E-state index contributed by atoms with van der Waals surface area (Å²) in [5, 5.41) is 0. The fraction of sp³-hybridized carbons (Fsp3) is 0.600. The van der Waals surface area contributed by atoms with Gasteiger partial charge in [0.05, 0.1) is 11.8 Å². The maximum Gasteiger partial charge on any atom is 0.233 e. The standard InChI is InChI=1S/C15H21NO2/c1-4-7-16-14(17)12-6-5-11(8-10(2)3)9-13(12)15(16)18/h4-5,10,12-13H,1,6-9H2,2-3H3. The number of carbonyl (C=O) groups excluding carboxylic acids is 2. The lowest BCUT2D eigenvalue weighted by atomic mass is 9.79. The van der Waals surface area contributed by atoms with E-state index in [9.17, 15) is 9.59 Å². The van der Waals surface area contributed by atoms with E-state index in [1.54, 1.807) is 6.08 Å². The zero-order valence-corrected chi connectivity index (χ0v) is 11.2. The summed E-state index contributed by atoms with van der Waals surface area (Å²) >= 11 is 0. The van der Waals surface area contributed by atoms with Crippen molar-refractivity contribution in [3.05, 3.63) is 24.3 Å². The molecule has 1 aliphatic carbocycles. The topological polar surface area (TPSA) is 37.4 Å². The van der Waals surface area contributed by atoms with E-state index < -0.39 is 0 Å². The van der Waals surface area contributed by atoms with E-state index in [1.807, 2.05) is 0 Å². The number of nitrogens with zero attached hydrogens (tertiary/aromatic N) is 1. The SMILES string of the molecule is C=CCN1C(=O)C2CC=C(CC(C)C)CC2C1=O. The van der Waals surface area contributed by atoms with Crippen LogP contribution in [-0.4, -0.2) is 23.3 Å². The summed E-state index contributed by atoms with van der Waals surface area (Å²) in [6.45, 7) is 8.32. The Kier molecular flexibility index (Phi) is 3.69. The third-order valence-corrected chi connectivity index (χ3v) is 3.78. The van der Waals surface area contributed by atoms with Crippen molar-refractivity contribution in [2.45, 2.75) is 33.1 Å². The molecule has 0 spiro atoms. The first-order valence-electron chi connectivity index (χ1n) is 6.68. The highest BCUT2D eigenvalue weighted by Crippen LogP contribution is 2.39. The highest BCUT2D eigenvalue weighted by molar-refractivity contribution is 6.05. The molecule has 3 heteroatoms. The average Bonchev–Trinajstić information content (AvgIpc) is 2.54. The summed E-state index contributed by atoms with van der Waals surface area (Å²) < 4.78 is 0. The smallest absolute Gasteiger partial charge is 0.233 e. The van der Waals surface area contributed by atoms with Crippen LogP contribution in [0.5, 0.6) is 0 Å². The molecule has 0 aromatic rings. The molecular formula is C15H21NO2. The molecule has 0 N–H and O–H groups in total. The molecule has 0 aromatic carbocycles. The minimum Gasteiger partial charge on any atom is -0.278 e. The maximum absolute atomic E-state index is 12.2. The summed E-state index contributed by atoms with van der Waals surface area (Å²) in [6, 6.07) is 0. The summed E-state index contributed by atoms with van der Waals surface area (Å²) in [4.78, 5) is 25.7. The highest BCUT2D eigenvalue weighted by Gasteiger charge is 2.47. The Morgan fingerprint density at radius 1 is 1.39 bits per heavy atom. The van der Waals surface area contributed by atoms with E-state index >= 15 is 0 Å². The predicted molar refractivity (Wildman–Crippen MR) is 70.7 cm³/mol. The van der Waals surface area contributed by atoms with Gasteiger partial charge in [-0.1, -0.05) is 31.6 Å². The van der Waals surface area contributed by atoms with Gasteiger partial charge in [-0.05, 0) is 25.2 Å². The quantitative estimate of drug-likeness (QED) is 0.565. The molecule has 0 aromatic heterocycles. The molecule has 2 amide bonds. The Morgan fingerprint density at radius 2 is 2.06 bits per heavy atom. The van der Waals surface area contributed by atoms with Gasteiger partial charge in [-0.15, -0.1) is 6.58 Å². The molecule has 1 fully saturated rings. The van der Waals surface area contributed by atoms with Gasteiger partial charge in [0.1, 0.15) is 0 Å². The monoisotopic (exact) mass is 247 g/mol. The largest absolute Gasteiger partial charge is 0.278 e. The number of hydrogen-bond acceptors (Lipinski definition) is 2. The Morgan fingerprint density at radius 3 is 2.67 bits per heavy atom. The summed E-state index contributed by atoms with van der Waals surface area (Å²) in [5.41, 5.74) is 1.34. The van der Waals surface area contributed by atoms with Gasteiger partial charge in [-0.3, -0.25) is 14.5 Å². The number of fused-ring (bicyclic) bond motifs is 1. The van der Waals surface area contributed by atoms with Crippen LogP contribution in [0.25, 0.3) is 0 Å². The van der Waals surface area contributed by atoms with Gasteiger partial charge in [0, 0.05) is 6.54 Å². The second kappa shape index (κ2) is 5.09. The van der Waals surface area contributed by atoms with E-state index in [-0.39, 0.29) is 23.7 Å². The maximum atomic E-state index is 12.2. The molecule has 3 nitrogen and oxygen atoms in total. The number of imide groups is 1. The first-order chi connectivity index (χ1) is 8.54. The lowest BCUT2D eigenvalue weighted by Crippen LogP contribution is -2.31. The van der Waals surface area contributed by atoms with Gasteiger partial charge < -0.3 is 0 Å². The zero-order chi connectivity index (χ0) is 13.3. The average molecular weight is 247 g/mol. The molecule has 2 rings (SSSR count). The normalized spacial score (nSPS) is 27.5. The van der Waals surface area contributed by atoms with Crippen molar-refractivity contribution in [1.82, 2.24) is 4.90 Å². The molecule has 1 heterocycles. The van der Waals surface area contributed by atoms with E-state index in [0.29, 0.717) is 12.5 Å². The molecule has 2 aliphatic rings. The molecule has 1 aliphatic heterocycles. The van der Waals surface area contributed by atoms with Crippen LogP contribution in [0.2, 0.25) is 0 Å². The fourth-order valence-electron chi connectivity index (χ4n) is 3.01. The van der Waals surface area contributed by atoms with Crippen molar-refractivity contribution in [2.24, 2.45) is 17.8 Å². The summed E-state index contributed by atoms with van der Waals surface area (Å²) in [7, 11) is 0. The number of hydrogen-bond donors (Lipinski definition) is 0. The molecular weight excluding hydrogens is 226 g/mol. The van der Waals surface area contributed by atoms with Crippen molar-refractivity contribution in [1.29, 1.82) is 0 Å². The van der Waals surface area contributed by atoms with Crippen molar-refractivity contribution >= 4 is 11.8 Å². The van der Waals surface area contributed by atoms with Crippen LogP contribution in [0.1, 0.15) is 33.1 Å². The van der Waals surface area contributed by atoms with Crippen molar-refractivity contribution in [2.75, 3.05) is 6.54 Å². The molecule has 1 saturated heterocycles. The molecule has 0 radical (unpaired) electrons. The van der Waals surface area contributed by atoms with E-state index in [1.165, 1.54) is 10.5 Å². The molecule has 2 unspecified atom stereocenters. The third kappa shape index (κ3) is 2.26. The first-order valence-corrected chi connectivity index (χ1v) is 6.68. The summed E-state index contributed by atoms with van der Waals surface area (Å²) in [6.07, 6.45) is 6.32. The number of rotatable bonds is 4. The molecule has 0 saturated carbocycles. The second-order valence-corrected chi connectivity index (χ2v) is 5.69. The molecule has 18 heavy (non-hydrogen) atoms. The number of allylic oxidation sites excluding steroid dienone is 2. The van der Waals surface area contributed by atoms with Gasteiger partial charge in [0.25, 0.3) is 0 Å². The van der Waals surface area contributed by atoms with Crippen molar-refractivity contribution < 1.29 is 9.59 Å². The van der Waals surface area contributed by atoms with Gasteiger partial charge in [0.2, 0.25) is 11.8 Å². The van der Waals surface area contributed by atoms with Gasteiger partial charge in [0.15, 0.2) is 0 Å². The Bertz CT molecular complexity index is 409. The fourth-order valence-corrected chi connectivity index (χ4v) is 3.01. The zero-order valence-electron chi connectivity index (χ0n) is 11.2. The van der Waals surface area contributed by atoms with Crippen LogP contribution in [-0.2, 0) is 9.59 Å². The van der Waals surface area contributed by atoms with E-state index in [0.717, 1.165) is 19.3 Å². The lowest BCUT2D eigenvalue weighted by Gasteiger charge is -2.22. The Labute approximate surface area is 109 Å². The van der Waals surface area contributed by atoms with Gasteiger partial charge >= 0.3 is 0 Å². The molecule has 0 bridgehead atoms. The molecule has 98 valence electrons. The molecule has 2 atom stereocenters. The van der Waals surface area contributed by atoms with Crippen LogP contribution in [0, 0.1) is 17.8 Å². The van der Waals surface area contributed by atoms with Gasteiger partial charge in [-0.25, -0.2) is 0 Å².